The highest BCUT2D eigenvalue weighted by molar-refractivity contribution is 5.74. The largest absolute Gasteiger partial charge is 0.334 e. The summed E-state index contributed by atoms with van der Waals surface area (Å²) < 4.78 is 27.0. The van der Waals surface area contributed by atoms with E-state index in [4.69, 9.17) is 0 Å². The molecule has 0 bridgehead atoms. The molecule has 1 saturated heterocycles. The molecule has 1 aliphatic heterocycles. The maximum atomic E-state index is 13.5. The van der Waals surface area contributed by atoms with Gasteiger partial charge in [0.2, 0.25) is 0 Å². The Labute approximate surface area is 187 Å². The molecule has 0 spiro atoms. The second-order valence-corrected chi connectivity index (χ2v) is 8.17. The minimum atomic E-state index is -0.290. The highest BCUT2D eigenvalue weighted by atomic mass is 19.1. The third-order valence-electron chi connectivity index (χ3n) is 5.90. The molecule has 32 heavy (non-hydrogen) atoms. The van der Waals surface area contributed by atoms with Gasteiger partial charge in [-0.05, 0) is 47.9 Å². The molecule has 0 radical (unpaired) electrons. The van der Waals surface area contributed by atoms with Crippen LogP contribution < -0.4 is 5.32 Å². The molecule has 3 aromatic rings. The monoisotopic (exact) mass is 435 g/mol. The number of carbonyl (C=O) groups is 1. The van der Waals surface area contributed by atoms with Crippen molar-refractivity contribution in [1.29, 1.82) is 0 Å². The molecular weight excluding hydrogens is 408 g/mol. The first-order valence-corrected chi connectivity index (χ1v) is 10.8. The normalized spacial score (nSPS) is 14.6. The lowest BCUT2D eigenvalue weighted by Gasteiger charge is -2.39. The lowest BCUT2D eigenvalue weighted by Crippen LogP contribution is -2.52. The predicted molar refractivity (Wildman–Crippen MR) is 121 cm³/mol. The van der Waals surface area contributed by atoms with Crippen molar-refractivity contribution in [3.63, 3.8) is 0 Å². The van der Waals surface area contributed by atoms with Crippen LogP contribution in [0.3, 0.4) is 0 Å². The standard InChI is InChI=1S/C26H27F2N3O/c1-19-2-4-20(5-3-19)18-29-26(32)31-16-14-30(15-17-31)25(21-6-10-23(27)11-7-21)22-8-12-24(28)13-9-22/h2-13,25H,14-18H2,1H3,(H,29,32). The summed E-state index contributed by atoms with van der Waals surface area (Å²) in [6.07, 6.45) is 0. The van der Waals surface area contributed by atoms with Gasteiger partial charge in [0.1, 0.15) is 11.6 Å². The fourth-order valence-corrected chi connectivity index (χ4v) is 4.08. The van der Waals surface area contributed by atoms with E-state index in [0.29, 0.717) is 32.7 Å². The van der Waals surface area contributed by atoms with Crippen LogP contribution in [-0.2, 0) is 6.54 Å². The van der Waals surface area contributed by atoms with E-state index in [1.165, 1.54) is 29.8 Å². The number of rotatable bonds is 5. The zero-order valence-electron chi connectivity index (χ0n) is 18.1. The van der Waals surface area contributed by atoms with Gasteiger partial charge >= 0.3 is 6.03 Å². The average molecular weight is 436 g/mol. The van der Waals surface area contributed by atoms with Gasteiger partial charge in [-0.1, -0.05) is 54.1 Å². The molecule has 1 heterocycles. The Morgan fingerprint density at radius 2 is 1.31 bits per heavy atom. The molecule has 1 N–H and O–H groups in total. The number of benzene rings is 3. The number of hydrogen-bond acceptors (Lipinski definition) is 2. The van der Waals surface area contributed by atoms with Crippen LogP contribution in [-0.4, -0.2) is 42.0 Å². The number of piperazine rings is 1. The molecule has 1 fully saturated rings. The van der Waals surface area contributed by atoms with E-state index in [2.05, 4.69) is 10.2 Å². The van der Waals surface area contributed by atoms with Crippen LogP contribution in [0.15, 0.2) is 72.8 Å². The fourth-order valence-electron chi connectivity index (χ4n) is 4.08. The molecule has 0 aliphatic carbocycles. The number of aryl methyl sites for hydroxylation is 1. The topological polar surface area (TPSA) is 35.6 Å². The van der Waals surface area contributed by atoms with Crippen molar-refractivity contribution in [1.82, 2.24) is 15.1 Å². The maximum Gasteiger partial charge on any atom is 0.317 e. The summed E-state index contributed by atoms with van der Waals surface area (Å²) in [5, 5.41) is 2.99. The second-order valence-electron chi connectivity index (χ2n) is 8.17. The molecule has 0 atom stereocenters. The number of hydrogen-bond donors (Lipinski definition) is 1. The molecule has 2 amide bonds. The van der Waals surface area contributed by atoms with Crippen molar-refractivity contribution in [2.24, 2.45) is 0 Å². The van der Waals surface area contributed by atoms with Gasteiger partial charge in [0, 0.05) is 32.7 Å². The van der Waals surface area contributed by atoms with Gasteiger partial charge in [0.15, 0.2) is 0 Å². The minimum Gasteiger partial charge on any atom is -0.334 e. The molecule has 4 nitrogen and oxygen atoms in total. The molecule has 0 aromatic heterocycles. The molecule has 0 saturated carbocycles. The zero-order chi connectivity index (χ0) is 22.5. The molecule has 0 unspecified atom stereocenters. The van der Waals surface area contributed by atoms with Crippen molar-refractivity contribution >= 4 is 6.03 Å². The van der Waals surface area contributed by atoms with Gasteiger partial charge in [-0.15, -0.1) is 0 Å². The third kappa shape index (κ3) is 5.32. The van der Waals surface area contributed by atoms with Gasteiger partial charge in [0.25, 0.3) is 0 Å². The fraction of sp³-hybridized carbons (Fsp3) is 0.269. The van der Waals surface area contributed by atoms with Gasteiger partial charge in [-0.2, -0.15) is 0 Å². The van der Waals surface area contributed by atoms with Crippen LogP contribution in [0.1, 0.15) is 28.3 Å². The molecular formula is C26H27F2N3O. The molecule has 166 valence electrons. The first kappa shape index (κ1) is 22.0. The van der Waals surface area contributed by atoms with E-state index >= 15 is 0 Å². The van der Waals surface area contributed by atoms with Crippen molar-refractivity contribution in [3.05, 3.63) is 107 Å². The molecule has 1 aliphatic rings. The van der Waals surface area contributed by atoms with Crippen LogP contribution >= 0.6 is 0 Å². The number of nitrogens with zero attached hydrogens (tertiary/aromatic N) is 2. The van der Waals surface area contributed by atoms with Gasteiger partial charge in [-0.3, -0.25) is 4.90 Å². The van der Waals surface area contributed by atoms with E-state index < -0.39 is 0 Å². The molecule has 3 aromatic carbocycles. The smallest absolute Gasteiger partial charge is 0.317 e. The zero-order valence-corrected chi connectivity index (χ0v) is 18.1. The number of urea groups is 1. The lowest BCUT2D eigenvalue weighted by atomic mass is 9.96. The highest BCUT2D eigenvalue weighted by Crippen LogP contribution is 2.30. The summed E-state index contributed by atoms with van der Waals surface area (Å²) in [5.74, 6) is -0.580. The minimum absolute atomic E-state index is 0.0784. The van der Waals surface area contributed by atoms with E-state index in [0.717, 1.165) is 16.7 Å². The average Bonchev–Trinajstić information content (AvgIpc) is 2.81. The Balaban J connectivity index is 1.41. The predicted octanol–water partition coefficient (Wildman–Crippen LogP) is 4.89. The Bertz CT molecular complexity index is 983. The van der Waals surface area contributed by atoms with Gasteiger partial charge in [0.05, 0.1) is 6.04 Å². The summed E-state index contributed by atoms with van der Waals surface area (Å²) in [4.78, 5) is 16.7. The van der Waals surface area contributed by atoms with E-state index in [1.807, 2.05) is 36.1 Å². The maximum absolute atomic E-state index is 13.5. The van der Waals surface area contributed by atoms with Crippen LogP contribution in [0.4, 0.5) is 13.6 Å². The first-order valence-electron chi connectivity index (χ1n) is 10.8. The van der Waals surface area contributed by atoms with Crippen molar-refractivity contribution in [2.45, 2.75) is 19.5 Å². The number of halogens is 2. The first-order chi connectivity index (χ1) is 15.5. The Hall–Kier alpha value is -3.25. The summed E-state index contributed by atoms with van der Waals surface area (Å²) >= 11 is 0. The molecule has 6 heteroatoms. The summed E-state index contributed by atoms with van der Waals surface area (Å²) in [7, 11) is 0. The third-order valence-corrected chi connectivity index (χ3v) is 5.90. The van der Waals surface area contributed by atoms with Gasteiger partial charge < -0.3 is 10.2 Å². The van der Waals surface area contributed by atoms with E-state index in [1.54, 1.807) is 24.3 Å². The Morgan fingerprint density at radius 1 is 0.812 bits per heavy atom. The van der Waals surface area contributed by atoms with Gasteiger partial charge in [-0.25, -0.2) is 13.6 Å². The quantitative estimate of drug-likeness (QED) is 0.619. The number of carbonyl (C=O) groups excluding carboxylic acids is 1. The SMILES string of the molecule is Cc1ccc(CNC(=O)N2CCN(C(c3ccc(F)cc3)c3ccc(F)cc3)CC2)cc1. The van der Waals surface area contributed by atoms with E-state index in [-0.39, 0.29) is 23.7 Å². The van der Waals surface area contributed by atoms with Crippen LogP contribution in [0, 0.1) is 18.6 Å². The number of amides is 2. The molecule has 4 rings (SSSR count). The number of nitrogens with one attached hydrogen (secondary N) is 1. The van der Waals surface area contributed by atoms with E-state index in [9.17, 15) is 13.6 Å². The van der Waals surface area contributed by atoms with Crippen LogP contribution in [0.5, 0.6) is 0 Å². The second kappa shape index (κ2) is 9.92. The van der Waals surface area contributed by atoms with Crippen molar-refractivity contribution in [3.8, 4) is 0 Å². The summed E-state index contributed by atoms with van der Waals surface area (Å²) in [5.41, 5.74) is 4.13. The van der Waals surface area contributed by atoms with Crippen LogP contribution in [0.2, 0.25) is 0 Å². The van der Waals surface area contributed by atoms with Crippen molar-refractivity contribution in [2.75, 3.05) is 26.2 Å². The summed E-state index contributed by atoms with van der Waals surface area (Å²) in [6.45, 7) is 5.02. The Kier molecular flexibility index (Phi) is 6.81. The van der Waals surface area contributed by atoms with Crippen molar-refractivity contribution < 1.29 is 13.6 Å². The Morgan fingerprint density at radius 3 is 1.81 bits per heavy atom. The van der Waals surface area contributed by atoms with Crippen LogP contribution in [0.25, 0.3) is 0 Å². The lowest BCUT2D eigenvalue weighted by molar-refractivity contribution is 0.120. The highest BCUT2D eigenvalue weighted by Gasteiger charge is 2.28. The summed E-state index contributed by atoms with van der Waals surface area (Å²) in [6, 6.07) is 20.7.